The van der Waals surface area contributed by atoms with Gasteiger partial charge in [-0.25, -0.2) is 0 Å². The molecule has 4 atom stereocenters. The molecule has 2 heteroatoms. The Morgan fingerprint density at radius 1 is 1.11 bits per heavy atom. The Bertz CT molecular complexity index is 258. The molecule has 2 aliphatic rings. The van der Waals surface area contributed by atoms with Crippen LogP contribution >= 0.6 is 0 Å². The van der Waals surface area contributed by atoms with Crippen LogP contribution in [0.2, 0.25) is 0 Å². The lowest BCUT2D eigenvalue weighted by Crippen LogP contribution is -2.48. The summed E-state index contributed by atoms with van der Waals surface area (Å²) in [5, 5.41) is 3.57. The van der Waals surface area contributed by atoms with Gasteiger partial charge in [0.2, 0.25) is 0 Å². The van der Waals surface area contributed by atoms with Crippen molar-refractivity contribution in [1.29, 1.82) is 0 Å². The van der Waals surface area contributed by atoms with E-state index in [0.29, 0.717) is 6.04 Å². The molecule has 19 heavy (non-hydrogen) atoms. The summed E-state index contributed by atoms with van der Waals surface area (Å²) in [6, 6.07) is 1.54. The lowest BCUT2D eigenvalue weighted by atomic mass is 9.78. The third-order valence-electron chi connectivity index (χ3n) is 5.57. The summed E-state index contributed by atoms with van der Waals surface area (Å²) in [4.78, 5) is 2.82. The number of rotatable bonds is 4. The molecule has 2 nitrogen and oxygen atoms in total. The molecule has 1 aliphatic carbocycles. The molecule has 0 amide bonds. The topological polar surface area (TPSA) is 15.3 Å². The summed E-state index contributed by atoms with van der Waals surface area (Å²) in [5.74, 6) is 2.72. The third-order valence-corrected chi connectivity index (χ3v) is 5.57. The Morgan fingerprint density at radius 2 is 1.89 bits per heavy atom. The lowest BCUT2D eigenvalue weighted by molar-refractivity contribution is 0.0642. The van der Waals surface area contributed by atoms with Crippen LogP contribution in [0.15, 0.2) is 0 Å². The smallest absolute Gasteiger partial charge is 0.0101 e. The quantitative estimate of drug-likeness (QED) is 0.837. The molecular formula is C17H34N2. The highest BCUT2D eigenvalue weighted by Crippen LogP contribution is 2.33. The fourth-order valence-electron chi connectivity index (χ4n) is 3.98. The van der Waals surface area contributed by atoms with Crippen molar-refractivity contribution < 1.29 is 0 Å². The average molecular weight is 266 g/mol. The van der Waals surface area contributed by atoms with Gasteiger partial charge in [0.15, 0.2) is 0 Å². The third kappa shape index (κ3) is 4.19. The van der Waals surface area contributed by atoms with Crippen molar-refractivity contribution in [2.45, 2.75) is 71.9 Å². The summed E-state index contributed by atoms with van der Waals surface area (Å²) >= 11 is 0. The Labute approximate surface area is 120 Å². The monoisotopic (exact) mass is 266 g/mol. The number of piperidine rings is 1. The van der Waals surface area contributed by atoms with Crippen LogP contribution in [0.25, 0.3) is 0 Å². The maximum absolute atomic E-state index is 3.57. The molecule has 1 heterocycles. The molecule has 0 radical (unpaired) electrons. The van der Waals surface area contributed by atoms with E-state index in [1.54, 1.807) is 0 Å². The van der Waals surface area contributed by atoms with Crippen molar-refractivity contribution in [3.63, 3.8) is 0 Å². The summed E-state index contributed by atoms with van der Waals surface area (Å²) < 4.78 is 0. The first-order valence-corrected chi connectivity index (χ1v) is 8.54. The van der Waals surface area contributed by atoms with Crippen LogP contribution in [0, 0.1) is 17.8 Å². The summed E-state index contributed by atoms with van der Waals surface area (Å²) in [5.41, 5.74) is 0. The van der Waals surface area contributed by atoms with Crippen LogP contribution in [-0.2, 0) is 0 Å². The molecule has 112 valence electrons. The van der Waals surface area contributed by atoms with E-state index < -0.39 is 0 Å². The Morgan fingerprint density at radius 3 is 2.47 bits per heavy atom. The van der Waals surface area contributed by atoms with Gasteiger partial charge in [-0.15, -0.1) is 0 Å². The fourth-order valence-corrected chi connectivity index (χ4v) is 3.98. The van der Waals surface area contributed by atoms with Crippen molar-refractivity contribution in [3.05, 3.63) is 0 Å². The van der Waals surface area contributed by atoms with E-state index in [9.17, 15) is 0 Å². The van der Waals surface area contributed by atoms with Crippen LogP contribution in [0.1, 0.15) is 59.8 Å². The second-order valence-electron chi connectivity index (χ2n) is 7.42. The minimum atomic E-state index is 0.701. The highest BCUT2D eigenvalue weighted by molar-refractivity contribution is 4.85. The first kappa shape index (κ1) is 15.3. The molecule has 1 saturated heterocycles. The molecule has 0 bridgehead atoms. The van der Waals surface area contributed by atoms with Crippen LogP contribution in [0.3, 0.4) is 0 Å². The molecule has 0 aromatic heterocycles. The fraction of sp³-hybridized carbons (Fsp3) is 1.00. The molecule has 4 unspecified atom stereocenters. The highest BCUT2D eigenvalue weighted by Gasteiger charge is 2.31. The number of nitrogens with zero attached hydrogens (tertiary/aromatic N) is 1. The predicted molar refractivity (Wildman–Crippen MR) is 83.4 cm³/mol. The molecule has 2 fully saturated rings. The highest BCUT2D eigenvalue weighted by atomic mass is 15.2. The van der Waals surface area contributed by atoms with Crippen LogP contribution in [0.4, 0.5) is 0 Å². The average Bonchev–Trinajstić information content (AvgIpc) is 2.40. The van der Waals surface area contributed by atoms with Crippen molar-refractivity contribution in [1.82, 2.24) is 10.2 Å². The maximum atomic E-state index is 3.57. The van der Waals surface area contributed by atoms with Gasteiger partial charge in [0.05, 0.1) is 0 Å². The molecular weight excluding hydrogens is 232 g/mol. The summed E-state index contributed by atoms with van der Waals surface area (Å²) in [6.07, 6.45) is 7.06. The van der Waals surface area contributed by atoms with Crippen molar-refractivity contribution in [2.75, 3.05) is 19.6 Å². The van der Waals surface area contributed by atoms with Gasteiger partial charge < -0.3 is 5.32 Å². The molecule has 0 spiro atoms. The maximum Gasteiger partial charge on any atom is 0.0101 e. The summed E-state index contributed by atoms with van der Waals surface area (Å²) in [6.45, 7) is 13.5. The van der Waals surface area contributed by atoms with Gasteiger partial charge in [-0.3, -0.25) is 4.90 Å². The van der Waals surface area contributed by atoms with Crippen LogP contribution < -0.4 is 5.32 Å². The zero-order valence-electron chi connectivity index (χ0n) is 13.5. The van der Waals surface area contributed by atoms with Crippen LogP contribution in [-0.4, -0.2) is 36.6 Å². The number of nitrogens with one attached hydrogen (secondary N) is 1. The normalized spacial score (nSPS) is 36.9. The molecule has 0 aromatic rings. The van der Waals surface area contributed by atoms with Gasteiger partial charge >= 0.3 is 0 Å². The van der Waals surface area contributed by atoms with E-state index in [1.165, 1.54) is 51.7 Å². The Balaban J connectivity index is 1.91. The molecule has 1 aliphatic heterocycles. The number of hydrogen-bond donors (Lipinski definition) is 1. The van der Waals surface area contributed by atoms with E-state index in [-0.39, 0.29) is 0 Å². The predicted octanol–water partition coefficient (Wildman–Crippen LogP) is 3.52. The van der Waals surface area contributed by atoms with Gasteiger partial charge in [0.25, 0.3) is 0 Å². The van der Waals surface area contributed by atoms with E-state index in [2.05, 4.69) is 37.9 Å². The van der Waals surface area contributed by atoms with E-state index in [4.69, 9.17) is 0 Å². The van der Waals surface area contributed by atoms with Gasteiger partial charge in [0, 0.05) is 18.6 Å². The van der Waals surface area contributed by atoms with E-state index >= 15 is 0 Å². The van der Waals surface area contributed by atoms with E-state index in [1.807, 2.05) is 0 Å². The molecule has 1 saturated carbocycles. The first-order chi connectivity index (χ1) is 9.08. The number of hydrogen-bond acceptors (Lipinski definition) is 2. The molecule has 2 rings (SSSR count). The lowest BCUT2D eigenvalue weighted by Gasteiger charge is -2.43. The molecule has 1 N–H and O–H groups in total. The largest absolute Gasteiger partial charge is 0.316 e. The second kappa shape index (κ2) is 7.08. The SMILES string of the molecule is CC1CCC(N(CC2CCCNC2)C(C)C)CC1C. The minimum absolute atomic E-state index is 0.701. The second-order valence-corrected chi connectivity index (χ2v) is 7.42. The zero-order chi connectivity index (χ0) is 13.8. The van der Waals surface area contributed by atoms with Crippen molar-refractivity contribution in [3.8, 4) is 0 Å². The Kier molecular flexibility index (Phi) is 5.70. The van der Waals surface area contributed by atoms with Crippen LogP contribution in [0.5, 0.6) is 0 Å². The van der Waals surface area contributed by atoms with E-state index in [0.717, 1.165) is 23.8 Å². The van der Waals surface area contributed by atoms with Crippen molar-refractivity contribution in [2.24, 2.45) is 17.8 Å². The summed E-state index contributed by atoms with van der Waals surface area (Å²) in [7, 11) is 0. The van der Waals surface area contributed by atoms with Gasteiger partial charge in [-0.05, 0) is 76.8 Å². The van der Waals surface area contributed by atoms with Crippen molar-refractivity contribution >= 4 is 0 Å². The van der Waals surface area contributed by atoms with Gasteiger partial charge in [-0.2, -0.15) is 0 Å². The first-order valence-electron chi connectivity index (χ1n) is 8.54. The van der Waals surface area contributed by atoms with Gasteiger partial charge in [-0.1, -0.05) is 13.8 Å². The van der Waals surface area contributed by atoms with Gasteiger partial charge in [0.1, 0.15) is 0 Å². The standard InChI is InChI=1S/C17H34N2/c1-13(2)19(12-16-6-5-9-18-11-16)17-8-7-14(3)15(4)10-17/h13-18H,5-12H2,1-4H3. The minimum Gasteiger partial charge on any atom is -0.316 e. The Hall–Kier alpha value is -0.0800. The molecule has 0 aromatic carbocycles. The zero-order valence-corrected chi connectivity index (χ0v) is 13.5.